The Balaban J connectivity index is 1.62. The molecule has 28 heavy (non-hydrogen) atoms. The van der Waals surface area contributed by atoms with Gasteiger partial charge in [0.1, 0.15) is 0 Å². The number of rotatable bonds is 6. The van der Waals surface area contributed by atoms with Crippen molar-refractivity contribution in [3.63, 3.8) is 0 Å². The van der Waals surface area contributed by atoms with Crippen molar-refractivity contribution in [2.75, 3.05) is 18.4 Å². The third-order valence-corrected chi connectivity index (χ3v) is 5.62. The quantitative estimate of drug-likeness (QED) is 0.684. The number of hydrogen-bond acceptors (Lipinski definition) is 3. The number of carbonyl (C=O) groups is 2. The van der Waals surface area contributed by atoms with E-state index in [0.29, 0.717) is 46.8 Å². The zero-order valence-electron chi connectivity index (χ0n) is 15.8. The van der Waals surface area contributed by atoms with Crippen molar-refractivity contribution in [3.05, 3.63) is 64.7 Å². The first-order valence-electron chi connectivity index (χ1n) is 9.71. The second-order valence-electron chi connectivity index (χ2n) is 7.36. The van der Waals surface area contributed by atoms with E-state index < -0.39 is 0 Å². The van der Waals surface area contributed by atoms with E-state index in [1.165, 1.54) is 12.8 Å². The van der Waals surface area contributed by atoms with Crippen LogP contribution in [0.1, 0.15) is 46.4 Å². The number of anilines is 1. The maximum atomic E-state index is 12.6. The van der Waals surface area contributed by atoms with Crippen LogP contribution in [0.25, 0.3) is 0 Å². The van der Waals surface area contributed by atoms with Gasteiger partial charge in [-0.1, -0.05) is 36.2 Å². The number of nitrogens with two attached hydrogens (primary N) is 1. The molecule has 0 saturated heterocycles. The zero-order valence-corrected chi connectivity index (χ0v) is 16.5. The molecule has 2 aromatic rings. The maximum absolute atomic E-state index is 12.6. The smallest absolute Gasteiger partial charge is 0.255 e. The molecule has 0 radical (unpaired) electrons. The molecule has 148 valence electrons. The molecule has 2 unspecified atom stereocenters. The van der Waals surface area contributed by atoms with Gasteiger partial charge in [0.25, 0.3) is 11.8 Å². The van der Waals surface area contributed by atoms with Gasteiger partial charge in [-0.25, -0.2) is 0 Å². The van der Waals surface area contributed by atoms with Crippen molar-refractivity contribution in [2.24, 2.45) is 17.6 Å². The van der Waals surface area contributed by atoms with Crippen LogP contribution in [0.3, 0.4) is 0 Å². The van der Waals surface area contributed by atoms with Gasteiger partial charge in [0.15, 0.2) is 0 Å². The second kappa shape index (κ2) is 9.71. The predicted molar refractivity (Wildman–Crippen MR) is 113 cm³/mol. The Kier molecular flexibility index (Phi) is 7.06. The third kappa shape index (κ3) is 5.33. The Morgan fingerprint density at radius 2 is 1.75 bits per heavy atom. The summed E-state index contributed by atoms with van der Waals surface area (Å²) >= 11 is 6.20. The molecule has 3 rings (SSSR count). The lowest BCUT2D eigenvalue weighted by Gasteiger charge is -2.28. The van der Waals surface area contributed by atoms with E-state index in [0.717, 1.165) is 12.8 Å². The summed E-state index contributed by atoms with van der Waals surface area (Å²) in [5, 5.41) is 6.17. The molecule has 1 aliphatic carbocycles. The van der Waals surface area contributed by atoms with Gasteiger partial charge in [0, 0.05) is 17.7 Å². The largest absolute Gasteiger partial charge is 0.352 e. The molecular formula is C22H26ClN3O2. The van der Waals surface area contributed by atoms with E-state index in [1.807, 2.05) is 6.07 Å². The summed E-state index contributed by atoms with van der Waals surface area (Å²) < 4.78 is 0. The van der Waals surface area contributed by atoms with E-state index in [-0.39, 0.29) is 11.8 Å². The minimum atomic E-state index is -0.268. The van der Waals surface area contributed by atoms with Gasteiger partial charge < -0.3 is 16.4 Å². The fourth-order valence-corrected chi connectivity index (χ4v) is 3.85. The highest BCUT2D eigenvalue weighted by atomic mass is 35.5. The molecular weight excluding hydrogens is 374 g/mol. The fourth-order valence-electron chi connectivity index (χ4n) is 3.69. The first kappa shape index (κ1) is 20.4. The minimum absolute atomic E-state index is 0.165. The van der Waals surface area contributed by atoms with Crippen molar-refractivity contribution in [2.45, 2.75) is 25.7 Å². The summed E-state index contributed by atoms with van der Waals surface area (Å²) in [4.78, 5) is 24.9. The van der Waals surface area contributed by atoms with Gasteiger partial charge >= 0.3 is 0 Å². The number of carbonyl (C=O) groups excluding carboxylic acids is 2. The number of hydrogen-bond donors (Lipinski definition) is 3. The van der Waals surface area contributed by atoms with Crippen LogP contribution in [-0.2, 0) is 0 Å². The van der Waals surface area contributed by atoms with Gasteiger partial charge in [0.2, 0.25) is 0 Å². The number of amides is 2. The van der Waals surface area contributed by atoms with Crippen LogP contribution in [-0.4, -0.2) is 24.9 Å². The molecule has 0 spiro atoms. The van der Waals surface area contributed by atoms with Crippen LogP contribution < -0.4 is 16.4 Å². The summed E-state index contributed by atoms with van der Waals surface area (Å²) in [6.07, 6.45) is 4.53. The number of nitrogens with one attached hydrogen (secondary N) is 2. The monoisotopic (exact) mass is 399 g/mol. The zero-order chi connectivity index (χ0) is 19.9. The Bertz CT molecular complexity index is 826. The van der Waals surface area contributed by atoms with E-state index in [4.69, 9.17) is 17.3 Å². The molecule has 4 N–H and O–H groups in total. The van der Waals surface area contributed by atoms with Gasteiger partial charge in [-0.05, 0) is 68.0 Å². The van der Waals surface area contributed by atoms with Gasteiger partial charge in [0.05, 0.1) is 10.7 Å². The Labute approximate surface area is 170 Å². The molecule has 2 aromatic carbocycles. The van der Waals surface area contributed by atoms with Gasteiger partial charge in [-0.15, -0.1) is 0 Å². The number of halogens is 1. The average Bonchev–Trinajstić information content (AvgIpc) is 2.74. The van der Waals surface area contributed by atoms with Crippen molar-refractivity contribution < 1.29 is 9.59 Å². The van der Waals surface area contributed by atoms with Crippen LogP contribution in [0, 0.1) is 11.8 Å². The molecule has 0 aromatic heterocycles. The first-order chi connectivity index (χ1) is 13.6. The normalized spacial score (nSPS) is 19.1. The Hall–Kier alpha value is -2.37. The lowest BCUT2D eigenvalue weighted by atomic mass is 9.81. The molecule has 1 saturated carbocycles. The fraction of sp³-hybridized carbons (Fsp3) is 0.364. The number of benzene rings is 2. The van der Waals surface area contributed by atoms with Crippen LogP contribution in [0.5, 0.6) is 0 Å². The maximum Gasteiger partial charge on any atom is 0.255 e. The first-order valence-corrected chi connectivity index (χ1v) is 10.1. The van der Waals surface area contributed by atoms with Crippen molar-refractivity contribution in [1.29, 1.82) is 0 Å². The average molecular weight is 400 g/mol. The molecule has 0 bridgehead atoms. The minimum Gasteiger partial charge on any atom is -0.352 e. The van der Waals surface area contributed by atoms with Crippen LogP contribution in [0.4, 0.5) is 5.69 Å². The summed E-state index contributed by atoms with van der Waals surface area (Å²) in [5.41, 5.74) is 7.21. The lowest BCUT2D eigenvalue weighted by Crippen LogP contribution is -2.33. The van der Waals surface area contributed by atoms with Gasteiger partial charge in [-0.3, -0.25) is 9.59 Å². The predicted octanol–water partition coefficient (Wildman–Crippen LogP) is 4.09. The van der Waals surface area contributed by atoms with E-state index in [2.05, 4.69) is 10.6 Å². The lowest BCUT2D eigenvalue weighted by molar-refractivity contribution is 0.0939. The SMILES string of the molecule is NCC1CCCC(CNC(=O)c2ccc(Cl)c(NC(=O)c3ccccc3)c2)C1. The Morgan fingerprint density at radius 3 is 2.50 bits per heavy atom. The molecule has 2 atom stereocenters. The highest BCUT2D eigenvalue weighted by Gasteiger charge is 2.21. The standard InChI is InChI=1S/C22H26ClN3O2/c23-19-10-9-18(12-20(19)26-22(28)17-7-2-1-3-8-17)21(27)25-14-16-6-4-5-15(11-16)13-24/h1-3,7-10,12,15-16H,4-6,11,13-14,24H2,(H,25,27)(H,26,28). The molecule has 1 aliphatic rings. The third-order valence-electron chi connectivity index (χ3n) is 5.29. The topological polar surface area (TPSA) is 84.2 Å². The Morgan fingerprint density at radius 1 is 1.00 bits per heavy atom. The molecule has 5 nitrogen and oxygen atoms in total. The highest BCUT2D eigenvalue weighted by molar-refractivity contribution is 6.34. The molecule has 1 fully saturated rings. The van der Waals surface area contributed by atoms with Crippen molar-refractivity contribution in [1.82, 2.24) is 5.32 Å². The molecule has 0 aliphatic heterocycles. The molecule has 6 heteroatoms. The van der Waals surface area contributed by atoms with Crippen molar-refractivity contribution >= 4 is 29.1 Å². The van der Waals surface area contributed by atoms with E-state index in [1.54, 1.807) is 42.5 Å². The summed E-state index contributed by atoms with van der Waals surface area (Å²) in [7, 11) is 0. The summed E-state index contributed by atoms with van der Waals surface area (Å²) in [5.74, 6) is 0.596. The van der Waals surface area contributed by atoms with Crippen molar-refractivity contribution in [3.8, 4) is 0 Å². The molecule has 0 heterocycles. The second-order valence-corrected chi connectivity index (χ2v) is 7.77. The van der Waals surface area contributed by atoms with E-state index in [9.17, 15) is 9.59 Å². The summed E-state index contributed by atoms with van der Waals surface area (Å²) in [6.45, 7) is 1.36. The molecule has 2 amide bonds. The highest BCUT2D eigenvalue weighted by Crippen LogP contribution is 2.28. The summed E-state index contributed by atoms with van der Waals surface area (Å²) in [6, 6.07) is 13.8. The van der Waals surface area contributed by atoms with Crippen LogP contribution >= 0.6 is 11.6 Å². The van der Waals surface area contributed by atoms with E-state index >= 15 is 0 Å². The van der Waals surface area contributed by atoms with Gasteiger partial charge in [-0.2, -0.15) is 0 Å². The van der Waals surface area contributed by atoms with Crippen LogP contribution in [0.2, 0.25) is 5.02 Å². The van der Waals surface area contributed by atoms with Crippen LogP contribution in [0.15, 0.2) is 48.5 Å².